The lowest BCUT2D eigenvalue weighted by Crippen LogP contribution is -1.83. The first-order chi connectivity index (χ1) is 11.7. The van der Waals surface area contributed by atoms with Gasteiger partial charge in [-0.25, -0.2) is 9.97 Å². The molecule has 0 atom stereocenters. The molecule has 0 radical (unpaired) electrons. The molecule has 0 aliphatic carbocycles. The summed E-state index contributed by atoms with van der Waals surface area (Å²) in [6.07, 6.45) is 0. The van der Waals surface area contributed by atoms with E-state index in [4.69, 9.17) is 23.2 Å². The summed E-state index contributed by atoms with van der Waals surface area (Å²) in [7, 11) is 0. The Kier molecular flexibility index (Phi) is 5.22. The second-order valence-corrected chi connectivity index (χ2v) is 10.5. The quantitative estimate of drug-likeness (QED) is 0.250. The van der Waals surface area contributed by atoms with Gasteiger partial charge in [-0.2, -0.15) is 0 Å². The molecule has 122 valence electrons. The lowest BCUT2D eigenvalue weighted by Gasteiger charge is -1.95. The zero-order valence-corrected chi connectivity index (χ0v) is 16.9. The van der Waals surface area contributed by atoms with Crippen molar-refractivity contribution in [2.75, 3.05) is 11.5 Å². The molecule has 0 spiro atoms. The fourth-order valence-corrected chi connectivity index (χ4v) is 6.93. The number of halogens is 2. The van der Waals surface area contributed by atoms with Gasteiger partial charge in [-0.15, -0.1) is 22.7 Å². The van der Waals surface area contributed by atoms with Crippen molar-refractivity contribution >= 4 is 89.8 Å². The van der Waals surface area contributed by atoms with Crippen LogP contribution in [-0.4, -0.2) is 21.5 Å². The van der Waals surface area contributed by atoms with Crippen LogP contribution in [0.4, 0.5) is 0 Å². The van der Waals surface area contributed by atoms with Crippen LogP contribution in [0.1, 0.15) is 0 Å². The normalized spacial score (nSPS) is 11.6. The van der Waals surface area contributed by atoms with Crippen LogP contribution in [0.3, 0.4) is 0 Å². The molecule has 0 saturated heterocycles. The van der Waals surface area contributed by atoms with Gasteiger partial charge in [0, 0.05) is 21.6 Å². The summed E-state index contributed by atoms with van der Waals surface area (Å²) in [4.78, 5) is 9.26. The van der Waals surface area contributed by atoms with E-state index in [2.05, 4.69) is 9.97 Å². The Labute approximate surface area is 165 Å². The molecular weight excluding hydrogens is 419 g/mol. The fraction of sp³-hybridized carbons (Fsp3) is 0.125. The molecule has 4 rings (SSSR count). The topological polar surface area (TPSA) is 25.8 Å². The number of nitrogens with zero attached hydrogens (tertiary/aromatic N) is 2. The Hall–Kier alpha value is -0.500. The lowest BCUT2D eigenvalue weighted by atomic mass is 10.3. The van der Waals surface area contributed by atoms with Crippen LogP contribution in [0.2, 0.25) is 10.0 Å². The summed E-state index contributed by atoms with van der Waals surface area (Å²) < 4.78 is 4.45. The molecule has 4 aromatic rings. The van der Waals surface area contributed by atoms with E-state index >= 15 is 0 Å². The molecule has 0 amide bonds. The maximum Gasteiger partial charge on any atom is 0.151 e. The van der Waals surface area contributed by atoms with Gasteiger partial charge < -0.3 is 0 Å². The number of rotatable bonds is 5. The molecule has 8 heteroatoms. The summed E-state index contributed by atoms with van der Waals surface area (Å²) >= 11 is 19.0. The number of aromatic nitrogens is 2. The third kappa shape index (κ3) is 3.84. The highest BCUT2D eigenvalue weighted by atomic mass is 35.5. The molecule has 0 N–H and O–H groups in total. The number of hydrogen-bond acceptors (Lipinski definition) is 6. The highest BCUT2D eigenvalue weighted by Crippen LogP contribution is 2.34. The first-order valence-electron chi connectivity index (χ1n) is 7.05. The molecule has 0 fully saturated rings. The second-order valence-electron chi connectivity index (χ2n) is 4.88. The monoisotopic (exact) mass is 428 g/mol. The summed E-state index contributed by atoms with van der Waals surface area (Å²) in [5, 5.41) is 1.52. The Morgan fingerprint density at radius 3 is 1.67 bits per heavy atom. The minimum Gasteiger partial charge on any atom is -0.230 e. The molecule has 2 nitrogen and oxygen atoms in total. The van der Waals surface area contributed by atoms with Crippen molar-refractivity contribution in [2.45, 2.75) is 8.68 Å². The highest BCUT2D eigenvalue weighted by Gasteiger charge is 2.07. The van der Waals surface area contributed by atoms with Crippen molar-refractivity contribution in [3.05, 3.63) is 46.4 Å². The van der Waals surface area contributed by atoms with Crippen LogP contribution in [0, 0.1) is 0 Å². The van der Waals surface area contributed by atoms with Gasteiger partial charge in [0.2, 0.25) is 0 Å². The fourth-order valence-electron chi connectivity index (χ4n) is 2.14. The van der Waals surface area contributed by atoms with E-state index in [-0.39, 0.29) is 0 Å². The van der Waals surface area contributed by atoms with Crippen LogP contribution < -0.4 is 0 Å². The Morgan fingerprint density at radius 1 is 0.750 bits per heavy atom. The average Bonchev–Trinajstić information content (AvgIpc) is 3.13. The van der Waals surface area contributed by atoms with Crippen molar-refractivity contribution in [3.8, 4) is 0 Å². The summed E-state index contributed by atoms with van der Waals surface area (Å²) in [6, 6.07) is 11.7. The smallest absolute Gasteiger partial charge is 0.151 e. The minimum absolute atomic E-state index is 0.759. The van der Waals surface area contributed by atoms with Crippen molar-refractivity contribution in [1.82, 2.24) is 9.97 Å². The molecule has 0 aliphatic rings. The largest absolute Gasteiger partial charge is 0.230 e. The van der Waals surface area contributed by atoms with Gasteiger partial charge >= 0.3 is 0 Å². The van der Waals surface area contributed by atoms with E-state index in [1.165, 1.54) is 0 Å². The van der Waals surface area contributed by atoms with E-state index < -0.39 is 0 Å². The van der Waals surface area contributed by atoms with E-state index in [0.717, 1.165) is 50.7 Å². The van der Waals surface area contributed by atoms with Crippen LogP contribution in [0.25, 0.3) is 20.4 Å². The van der Waals surface area contributed by atoms with Gasteiger partial charge in [0.25, 0.3) is 0 Å². The Bertz CT molecular complexity index is 930. The van der Waals surface area contributed by atoms with E-state index in [9.17, 15) is 0 Å². The summed E-state index contributed by atoms with van der Waals surface area (Å²) in [5.41, 5.74) is 2.03. The first kappa shape index (κ1) is 16.9. The number of fused-ring (bicyclic) bond motifs is 2. The SMILES string of the molecule is Clc1ccc2nc(SCCSc3nc4ccc(Cl)cc4s3)sc2c1. The second kappa shape index (κ2) is 7.40. The molecular formula is C16H10Cl2N2S4. The molecule has 0 aliphatic heterocycles. The van der Waals surface area contributed by atoms with E-state index in [0.29, 0.717) is 0 Å². The van der Waals surface area contributed by atoms with Crippen LogP contribution >= 0.6 is 69.4 Å². The molecule has 0 saturated carbocycles. The van der Waals surface area contributed by atoms with Crippen LogP contribution in [-0.2, 0) is 0 Å². The third-order valence-corrected chi connectivity index (χ3v) is 8.25. The maximum atomic E-state index is 6.02. The number of hydrogen-bond donors (Lipinski definition) is 0. The van der Waals surface area contributed by atoms with Crippen molar-refractivity contribution in [2.24, 2.45) is 0 Å². The van der Waals surface area contributed by atoms with E-state index in [1.54, 1.807) is 46.2 Å². The van der Waals surface area contributed by atoms with Gasteiger partial charge in [0.15, 0.2) is 8.68 Å². The number of benzene rings is 2. The Morgan fingerprint density at radius 2 is 1.21 bits per heavy atom. The standard InChI is InChI=1S/C16H10Cl2N2S4/c17-9-1-3-11-13(7-9)23-15(19-11)21-5-6-22-16-20-12-4-2-10(18)8-14(12)24-16/h1-4,7-8H,5-6H2. The zero-order valence-electron chi connectivity index (χ0n) is 12.2. The molecule has 0 unspecified atom stereocenters. The predicted octanol–water partition coefficient (Wildman–Crippen LogP) is 7.10. The average molecular weight is 429 g/mol. The summed E-state index contributed by atoms with van der Waals surface area (Å²) in [5.74, 6) is 1.99. The van der Waals surface area contributed by atoms with Crippen LogP contribution in [0.15, 0.2) is 45.1 Å². The van der Waals surface area contributed by atoms with Crippen molar-refractivity contribution in [3.63, 3.8) is 0 Å². The van der Waals surface area contributed by atoms with Gasteiger partial charge in [0.1, 0.15) is 0 Å². The first-order valence-corrected chi connectivity index (χ1v) is 11.4. The number of thiazole rings is 2. The molecule has 0 bridgehead atoms. The van der Waals surface area contributed by atoms with Gasteiger partial charge in [-0.05, 0) is 36.4 Å². The third-order valence-electron chi connectivity index (χ3n) is 3.20. The van der Waals surface area contributed by atoms with Gasteiger partial charge in [-0.1, -0.05) is 46.7 Å². The zero-order chi connectivity index (χ0) is 16.5. The summed E-state index contributed by atoms with van der Waals surface area (Å²) in [6.45, 7) is 0. The van der Waals surface area contributed by atoms with Gasteiger partial charge in [0.05, 0.1) is 20.4 Å². The minimum atomic E-state index is 0.759. The number of thioether (sulfide) groups is 2. The Balaban J connectivity index is 1.36. The molecule has 24 heavy (non-hydrogen) atoms. The van der Waals surface area contributed by atoms with Crippen molar-refractivity contribution in [1.29, 1.82) is 0 Å². The van der Waals surface area contributed by atoms with Crippen LogP contribution in [0.5, 0.6) is 0 Å². The van der Waals surface area contributed by atoms with Gasteiger partial charge in [-0.3, -0.25) is 0 Å². The molecule has 2 aromatic carbocycles. The maximum absolute atomic E-state index is 6.02. The highest BCUT2D eigenvalue weighted by molar-refractivity contribution is 8.04. The van der Waals surface area contributed by atoms with E-state index in [1.807, 2.05) is 36.4 Å². The lowest BCUT2D eigenvalue weighted by molar-refractivity contribution is 1.29. The molecule has 2 heterocycles. The van der Waals surface area contributed by atoms with Crippen molar-refractivity contribution < 1.29 is 0 Å². The predicted molar refractivity (Wildman–Crippen MR) is 111 cm³/mol. The molecule has 2 aromatic heterocycles.